The predicted molar refractivity (Wildman–Crippen MR) is 96.8 cm³/mol. The minimum absolute atomic E-state index is 0.0755. The zero-order chi connectivity index (χ0) is 19.0. The zero-order valence-corrected chi connectivity index (χ0v) is 14.1. The van der Waals surface area contributed by atoms with Gasteiger partial charge in [0.25, 0.3) is 17.4 Å². The van der Waals surface area contributed by atoms with E-state index in [9.17, 15) is 19.2 Å². The fourth-order valence-corrected chi connectivity index (χ4v) is 2.99. The van der Waals surface area contributed by atoms with E-state index < -0.39 is 23.3 Å². The molecule has 0 radical (unpaired) electrons. The largest absolute Gasteiger partial charge is 0.280 e. The SMILES string of the molecule is O=C(CCN1C(=O)c2ccccc2C1=O)Nn1cnc2ccccc2c1=O. The lowest BCUT2D eigenvalue weighted by Crippen LogP contribution is -2.37. The average Bonchev–Trinajstić information content (AvgIpc) is 2.93. The van der Waals surface area contributed by atoms with Crippen LogP contribution in [0.15, 0.2) is 59.7 Å². The van der Waals surface area contributed by atoms with E-state index in [1.807, 2.05) is 0 Å². The highest BCUT2D eigenvalue weighted by Gasteiger charge is 2.34. The van der Waals surface area contributed by atoms with Gasteiger partial charge in [0.05, 0.1) is 22.0 Å². The smallest absolute Gasteiger partial charge is 0.274 e. The number of carbonyl (C=O) groups excluding carboxylic acids is 3. The van der Waals surface area contributed by atoms with E-state index in [-0.39, 0.29) is 13.0 Å². The molecule has 8 heteroatoms. The van der Waals surface area contributed by atoms with Gasteiger partial charge in [-0.3, -0.25) is 29.5 Å². The quantitative estimate of drug-likeness (QED) is 0.702. The first kappa shape index (κ1) is 16.6. The third-order valence-corrected chi connectivity index (χ3v) is 4.35. The van der Waals surface area contributed by atoms with Crippen LogP contribution in [0, 0.1) is 0 Å². The summed E-state index contributed by atoms with van der Waals surface area (Å²) in [7, 11) is 0. The van der Waals surface area contributed by atoms with Crippen molar-refractivity contribution in [3.63, 3.8) is 0 Å². The van der Waals surface area contributed by atoms with Gasteiger partial charge in [-0.15, -0.1) is 0 Å². The van der Waals surface area contributed by atoms with Gasteiger partial charge in [-0.1, -0.05) is 24.3 Å². The first-order valence-corrected chi connectivity index (χ1v) is 8.28. The summed E-state index contributed by atoms with van der Waals surface area (Å²) >= 11 is 0. The van der Waals surface area contributed by atoms with Crippen molar-refractivity contribution in [3.8, 4) is 0 Å². The molecule has 134 valence electrons. The van der Waals surface area contributed by atoms with Gasteiger partial charge in [0.1, 0.15) is 6.33 Å². The predicted octanol–water partition coefficient (Wildman–Crippen LogP) is 1.15. The van der Waals surface area contributed by atoms with Crippen LogP contribution in [0.2, 0.25) is 0 Å². The number of rotatable bonds is 4. The molecule has 0 aliphatic carbocycles. The summed E-state index contributed by atoms with van der Waals surface area (Å²) < 4.78 is 0.993. The second-order valence-corrected chi connectivity index (χ2v) is 6.03. The van der Waals surface area contributed by atoms with Gasteiger partial charge in [-0.05, 0) is 24.3 Å². The number of amides is 3. The van der Waals surface area contributed by atoms with Crippen molar-refractivity contribution in [3.05, 3.63) is 76.3 Å². The second-order valence-electron chi connectivity index (χ2n) is 6.03. The normalized spacial score (nSPS) is 13.1. The first-order chi connectivity index (χ1) is 13.1. The number of carbonyl (C=O) groups is 3. The highest BCUT2D eigenvalue weighted by atomic mass is 16.2. The van der Waals surface area contributed by atoms with Gasteiger partial charge in [-0.2, -0.15) is 0 Å². The Bertz CT molecular complexity index is 1120. The van der Waals surface area contributed by atoms with Crippen LogP contribution >= 0.6 is 0 Å². The average molecular weight is 362 g/mol. The van der Waals surface area contributed by atoms with Crippen molar-refractivity contribution < 1.29 is 14.4 Å². The summed E-state index contributed by atoms with van der Waals surface area (Å²) in [4.78, 5) is 54.3. The Morgan fingerprint density at radius 3 is 2.26 bits per heavy atom. The zero-order valence-electron chi connectivity index (χ0n) is 14.1. The summed E-state index contributed by atoms with van der Waals surface area (Å²) in [5.74, 6) is -1.35. The van der Waals surface area contributed by atoms with Crippen LogP contribution in [0.1, 0.15) is 27.1 Å². The lowest BCUT2D eigenvalue weighted by molar-refractivity contribution is -0.117. The van der Waals surface area contributed by atoms with Gasteiger partial charge in [0, 0.05) is 13.0 Å². The Balaban J connectivity index is 1.46. The van der Waals surface area contributed by atoms with E-state index in [0.717, 1.165) is 9.58 Å². The third kappa shape index (κ3) is 2.86. The highest BCUT2D eigenvalue weighted by molar-refractivity contribution is 6.21. The number of nitrogens with one attached hydrogen (secondary N) is 1. The maximum Gasteiger partial charge on any atom is 0.280 e. The number of nitrogens with zero attached hydrogens (tertiary/aromatic N) is 3. The molecule has 0 saturated heterocycles. The van der Waals surface area contributed by atoms with E-state index >= 15 is 0 Å². The first-order valence-electron chi connectivity index (χ1n) is 8.28. The summed E-state index contributed by atoms with van der Waals surface area (Å²) in [5, 5.41) is 0.376. The molecule has 0 spiro atoms. The minimum Gasteiger partial charge on any atom is -0.274 e. The van der Waals surface area contributed by atoms with Crippen LogP contribution in [-0.2, 0) is 4.79 Å². The van der Waals surface area contributed by atoms with Gasteiger partial charge in [0.2, 0.25) is 5.91 Å². The van der Waals surface area contributed by atoms with Crippen molar-refractivity contribution in [2.75, 3.05) is 12.0 Å². The Labute approximate surface area is 153 Å². The van der Waals surface area contributed by atoms with Crippen LogP contribution in [-0.4, -0.2) is 38.8 Å². The van der Waals surface area contributed by atoms with Gasteiger partial charge < -0.3 is 0 Å². The molecule has 2 heterocycles. The molecule has 1 aliphatic rings. The van der Waals surface area contributed by atoms with Crippen molar-refractivity contribution in [2.24, 2.45) is 0 Å². The molecular weight excluding hydrogens is 348 g/mol. The molecule has 3 amide bonds. The van der Waals surface area contributed by atoms with Gasteiger partial charge in [-0.25, -0.2) is 9.66 Å². The van der Waals surface area contributed by atoms with E-state index in [0.29, 0.717) is 22.0 Å². The van der Waals surface area contributed by atoms with E-state index in [2.05, 4.69) is 10.4 Å². The molecule has 0 unspecified atom stereocenters. The standard InChI is InChI=1S/C19H14N4O4/c24-16(21-23-11-20-15-8-4-3-7-14(15)19(23)27)9-10-22-17(25)12-5-1-2-6-13(12)18(22)26/h1-8,11H,9-10H2,(H,21,24). The molecule has 8 nitrogen and oxygen atoms in total. The molecule has 0 bridgehead atoms. The number of hydrogen-bond donors (Lipinski definition) is 1. The lowest BCUT2D eigenvalue weighted by atomic mass is 10.1. The van der Waals surface area contributed by atoms with Gasteiger partial charge >= 0.3 is 0 Å². The maximum absolute atomic E-state index is 12.4. The summed E-state index contributed by atoms with van der Waals surface area (Å²) in [6, 6.07) is 13.3. The van der Waals surface area contributed by atoms with Crippen molar-refractivity contribution in [1.29, 1.82) is 0 Å². The molecule has 1 N–H and O–H groups in total. The van der Waals surface area contributed by atoms with Crippen LogP contribution in [0.5, 0.6) is 0 Å². The molecule has 0 atom stereocenters. The number of benzene rings is 2. The van der Waals surface area contributed by atoms with Gasteiger partial charge in [0.15, 0.2) is 0 Å². The van der Waals surface area contributed by atoms with E-state index in [1.54, 1.807) is 48.5 Å². The Hall–Kier alpha value is -3.81. The number of aromatic nitrogens is 2. The minimum atomic E-state index is -0.509. The molecular formula is C19H14N4O4. The van der Waals surface area contributed by atoms with Crippen LogP contribution in [0.4, 0.5) is 0 Å². The van der Waals surface area contributed by atoms with E-state index in [1.165, 1.54) is 6.33 Å². The lowest BCUT2D eigenvalue weighted by Gasteiger charge is -2.14. The van der Waals surface area contributed by atoms with Crippen LogP contribution < -0.4 is 11.0 Å². The summed E-state index contributed by atoms with van der Waals surface area (Å²) in [6.07, 6.45) is 1.09. The Morgan fingerprint density at radius 2 is 1.56 bits per heavy atom. The second kappa shape index (κ2) is 6.49. The molecule has 3 aromatic rings. The van der Waals surface area contributed by atoms with Crippen LogP contribution in [0.3, 0.4) is 0 Å². The Kier molecular flexibility index (Phi) is 4.00. The van der Waals surface area contributed by atoms with Crippen LogP contribution in [0.25, 0.3) is 10.9 Å². The molecule has 1 aliphatic heterocycles. The molecule has 0 saturated carbocycles. The van der Waals surface area contributed by atoms with Crippen molar-refractivity contribution in [2.45, 2.75) is 6.42 Å². The Morgan fingerprint density at radius 1 is 0.926 bits per heavy atom. The van der Waals surface area contributed by atoms with Crippen molar-refractivity contribution >= 4 is 28.6 Å². The highest BCUT2D eigenvalue weighted by Crippen LogP contribution is 2.22. The number of hydrogen-bond acceptors (Lipinski definition) is 5. The van der Waals surface area contributed by atoms with Crippen molar-refractivity contribution in [1.82, 2.24) is 14.6 Å². The topological polar surface area (TPSA) is 101 Å². The number of imide groups is 1. The number of para-hydroxylation sites is 1. The molecule has 0 fully saturated rings. The number of fused-ring (bicyclic) bond motifs is 2. The molecule has 27 heavy (non-hydrogen) atoms. The maximum atomic E-state index is 12.4. The monoisotopic (exact) mass is 362 g/mol. The fraction of sp³-hybridized carbons (Fsp3) is 0.105. The fourth-order valence-electron chi connectivity index (χ4n) is 2.99. The molecule has 4 rings (SSSR count). The van der Waals surface area contributed by atoms with E-state index in [4.69, 9.17) is 0 Å². The summed E-state index contributed by atoms with van der Waals surface area (Å²) in [6.45, 7) is -0.0755. The third-order valence-electron chi connectivity index (χ3n) is 4.35. The molecule has 1 aromatic heterocycles. The summed E-state index contributed by atoms with van der Waals surface area (Å²) in [5.41, 5.74) is 3.21. The molecule has 2 aromatic carbocycles.